The normalized spacial score (nSPS) is 11.6. The smallest absolute Gasteiger partial charge is 0.178 e. The van der Waals surface area contributed by atoms with Gasteiger partial charge in [-0.05, 0) is 27.9 Å². The second-order valence-electron chi connectivity index (χ2n) is 8.36. The van der Waals surface area contributed by atoms with E-state index in [0.717, 1.165) is 49.8 Å². The highest BCUT2D eigenvalue weighted by atomic mass is 16.3. The summed E-state index contributed by atoms with van der Waals surface area (Å²) in [6.45, 7) is 0. The molecular weight excluding hydrogens is 418 g/mol. The number of hydrogen-bond donors (Lipinski definition) is 0. The fraction of sp³-hybridized carbons (Fsp3) is 0.0323. The maximum absolute atomic E-state index is 12.9. The van der Waals surface area contributed by atoms with Gasteiger partial charge in [-0.2, -0.15) is 0 Å². The second-order valence-corrected chi connectivity index (χ2v) is 8.36. The largest absolute Gasteiger partial charge is 0.455 e. The Bertz CT molecular complexity index is 1580. The highest BCUT2D eigenvalue weighted by Gasteiger charge is 2.40. The van der Waals surface area contributed by atoms with Crippen LogP contribution in [0.4, 0.5) is 0 Å². The van der Waals surface area contributed by atoms with Crippen molar-refractivity contribution in [1.29, 1.82) is 0 Å². The van der Waals surface area contributed by atoms with Crippen molar-refractivity contribution in [3.63, 3.8) is 0 Å². The minimum Gasteiger partial charge on any atom is -0.455 e. The van der Waals surface area contributed by atoms with Crippen molar-refractivity contribution >= 4 is 21.9 Å². The van der Waals surface area contributed by atoms with E-state index in [-0.39, 0.29) is 0 Å². The molecule has 0 N–H and O–H groups in total. The molecule has 0 aliphatic rings. The predicted octanol–water partition coefficient (Wildman–Crippen LogP) is 8.31. The van der Waals surface area contributed by atoms with E-state index in [4.69, 9.17) is 4.42 Å². The molecule has 0 amide bonds. The molecular formula is C31H21NO2. The van der Waals surface area contributed by atoms with Crippen molar-refractivity contribution in [2.45, 2.75) is 5.54 Å². The number of benzene rings is 5. The molecule has 0 saturated carbocycles. The van der Waals surface area contributed by atoms with E-state index in [0.29, 0.717) is 0 Å². The van der Waals surface area contributed by atoms with Crippen molar-refractivity contribution in [1.82, 2.24) is 0 Å². The maximum Gasteiger partial charge on any atom is 0.178 e. The Morgan fingerprint density at radius 1 is 0.529 bits per heavy atom. The van der Waals surface area contributed by atoms with Crippen molar-refractivity contribution in [3.8, 4) is 11.1 Å². The lowest BCUT2D eigenvalue weighted by Gasteiger charge is -2.30. The van der Waals surface area contributed by atoms with Crippen LogP contribution in [0.2, 0.25) is 0 Å². The highest BCUT2D eigenvalue weighted by molar-refractivity contribution is 6.09. The summed E-state index contributed by atoms with van der Waals surface area (Å²) in [6.07, 6.45) is 0. The van der Waals surface area contributed by atoms with Crippen LogP contribution in [0.1, 0.15) is 16.7 Å². The Hall–Kier alpha value is -4.50. The number of nitrogens with zero attached hydrogens (tertiary/aromatic N) is 1. The van der Waals surface area contributed by atoms with E-state index in [2.05, 4.69) is 23.4 Å². The van der Waals surface area contributed by atoms with Crippen molar-refractivity contribution in [2.24, 2.45) is 5.18 Å². The van der Waals surface area contributed by atoms with Crippen LogP contribution in [0.25, 0.3) is 33.1 Å². The lowest BCUT2D eigenvalue weighted by atomic mass is 9.75. The van der Waals surface area contributed by atoms with Gasteiger partial charge in [0.1, 0.15) is 11.2 Å². The molecule has 0 bridgehead atoms. The summed E-state index contributed by atoms with van der Waals surface area (Å²) in [6, 6.07) is 41.8. The first-order chi connectivity index (χ1) is 16.8. The molecule has 0 aliphatic carbocycles. The van der Waals surface area contributed by atoms with E-state index >= 15 is 0 Å². The number of nitroso groups, excluding NO2 is 1. The van der Waals surface area contributed by atoms with E-state index in [1.807, 2.05) is 109 Å². The fourth-order valence-corrected chi connectivity index (χ4v) is 4.98. The second kappa shape index (κ2) is 8.13. The fourth-order valence-electron chi connectivity index (χ4n) is 4.98. The Balaban J connectivity index is 1.70. The van der Waals surface area contributed by atoms with Gasteiger partial charge in [0.25, 0.3) is 0 Å². The topological polar surface area (TPSA) is 42.6 Å². The first-order valence-electron chi connectivity index (χ1n) is 11.3. The first kappa shape index (κ1) is 20.1. The maximum atomic E-state index is 12.9. The summed E-state index contributed by atoms with van der Waals surface area (Å²) in [5, 5.41) is 5.98. The molecule has 0 aliphatic heterocycles. The molecule has 3 heteroatoms. The first-order valence-corrected chi connectivity index (χ1v) is 11.3. The molecule has 162 valence electrons. The summed E-state index contributed by atoms with van der Waals surface area (Å²) in [5.41, 5.74) is 4.73. The molecule has 6 rings (SSSR count). The molecule has 3 nitrogen and oxygen atoms in total. The van der Waals surface area contributed by atoms with Gasteiger partial charge >= 0.3 is 0 Å². The summed E-state index contributed by atoms with van der Waals surface area (Å²) in [4.78, 5) is 12.9. The quantitative estimate of drug-likeness (QED) is 0.200. The summed E-state index contributed by atoms with van der Waals surface area (Å²) in [5.74, 6) is 0. The van der Waals surface area contributed by atoms with Crippen LogP contribution in [-0.4, -0.2) is 0 Å². The molecule has 0 spiro atoms. The zero-order valence-electron chi connectivity index (χ0n) is 18.4. The third-order valence-electron chi connectivity index (χ3n) is 6.53. The van der Waals surface area contributed by atoms with E-state index in [9.17, 15) is 4.91 Å². The summed E-state index contributed by atoms with van der Waals surface area (Å²) in [7, 11) is 0. The van der Waals surface area contributed by atoms with Gasteiger partial charge in [-0.25, -0.2) is 0 Å². The van der Waals surface area contributed by atoms with Crippen LogP contribution < -0.4 is 0 Å². The molecule has 5 aromatic carbocycles. The number of rotatable bonds is 5. The average Bonchev–Trinajstić information content (AvgIpc) is 3.30. The van der Waals surface area contributed by atoms with E-state index in [1.165, 1.54) is 0 Å². The number of furan rings is 1. The number of para-hydroxylation sites is 2. The molecule has 0 unspecified atom stereocenters. The third-order valence-corrected chi connectivity index (χ3v) is 6.53. The molecule has 0 radical (unpaired) electrons. The molecule has 1 aromatic heterocycles. The minimum absolute atomic E-state index is 0.803. The number of fused-ring (bicyclic) bond motifs is 3. The molecule has 34 heavy (non-hydrogen) atoms. The van der Waals surface area contributed by atoms with Gasteiger partial charge in [0, 0.05) is 21.9 Å². The Labute approximate surface area is 197 Å². The SMILES string of the molecule is O=NC(c1ccccc1)(c1ccccc1)c1ccccc1-c1cccc2c1oc1ccccc12. The zero-order chi connectivity index (χ0) is 23.0. The minimum atomic E-state index is -1.21. The van der Waals surface area contributed by atoms with Gasteiger partial charge in [-0.1, -0.05) is 121 Å². The van der Waals surface area contributed by atoms with Gasteiger partial charge < -0.3 is 4.42 Å². The lowest BCUT2D eigenvalue weighted by Crippen LogP contribution is -2.27. The van der Waals surface area contributed by atoms with Crippen molar-refractivity contribution < 1.29 is 4.42 Å². The Morgan fingerprint density at radius 2 is 1.09 bits per heavy atom. The van der Waals surface area contributed by atoms with Crippen LogP contribution in [0.3, 0.4) is 0 Å². The van der Waals surface area contributed by atoms with Crippen LogP contribution in [0, 0.1) is 4.91 Å². The monoisotopic (exact) mass is 439 g/mol. The molecule has 0 atom stereocenters. The summed E-state index contributed by atoms with van der Waals surface area (Å²) >= 11 is 0. The van der Waals surface area contributed by atoms with Gasteiger partial charge in [0.2, 0.25) is 0 Å². The van der Waals surface area contributed by atoms with Gasteiger partial charge in [-0.15, -0.1) is 4.91 Å². The predicted molar refractivity (Wildman–Crippen MR) is 138 cm³/mol. The van der Waals surface area contributed by atoms with Gasteiger partial charge in [0.15, 0.2) is 5.54 Å². The average molecular weight is 440 g/mol. The van der Waals surface area contributed by atoms with Crippen LogP contribution in [0.15, 0.2) is 137 Å². The molecule has 6 aromatic rings. The molecule has 0 fully saturated rings. The van der Waals surface area contributed by atoms with Crippen LogP contribution >= 0.6 is 0 Å². The van der Waals surface area contributed by atoms with Gasteiger partial charge in [0.05, 0.1) is 0 Å². The van der Waals surface area contributed by atoms with Crippen LogP contribution in [-0.2, 0) is 5.54 Å². The third kappa shape index (κ3) is 2.98. The highest BCUT2D eigenvalue weighted by Crippen LogP contribution is 2.46. The van der Waals surface area contributed by atoms with Crippen LogP contribution in [0.5, 0.6) is 0 Å². The Kier molecular flexibility index (Phi) is 4.81. The molecule has 0 saturated heterocycles. The molecule has 1 heterocycles. The Morgan fingerprint density at radius 3 is 1.79 bits per heavy atom. The zero-order valence-corrected chi connectivity index (χ0v) is 18.4. The standard InChI is InChI=1S/C31H21NO2/c33-32-31(22-12-3-1-4-13-22,23-14-5-2-6-15-23)28-20-9-7-16-24(28)26-18-11-19-27-25-17-8-10-21-29(25)34-30(26)27/h1-21H. The number of hydrogen-bond acceptors (Lipinski definition) is 3. The van der Waals surface area contributed by atoms with Gasteiger partial charge in [-0.3, -0.25) is 0 Å². The van der Waals surface area contributed by atoms with Crippen molar-refractivity contribution in [3.05, 3.63) is 149 Å². The summed E-state index contributed by atoms with van der Waals surface area (Å²) < 4.78 is 6.34. The van der Waals surface area contributed by atoms with E-state index < -0.39 is 5.54 Å². The van der Waals surface area contributed by atoms with E-state index in [1.54, 1.807) is 0 Å². The lowest BCUT2D eigenvalue weighted by molar-refractivity contribution is 0.650. The van der Waals surface area contributed by atoms with Crippen molar-refractivity contribution in [2.75, 3.05) is 0 Å².